The maximum Gasteiger partial charge on any atom is 0.253 e. The summed E-state index contributed by atoms with van der Waals surface area (Å²) >= 11 is 5.60. The standard InChI is InChI=1S/C23H27N3O3S/c1-3-29-20-9-7-19(8-10-20)24-23(30)26(11-4-12-27)15-18-14-17-6-5-16(2)13-21(17)25-22(18)28/h5-10,13-14,27H,3-4,11-12,15H2,1-2H3,(H,24,30)(H,25,28). The van der Waals surface area contributed by atoms with E-state index in [0.29, 0.717) is 36.8 Å². The Morgan fingerprint density at radius 1 is 1.20 bits per heavy atom. The van der Waals surface area contributed by atoms with Crippen LogP contribution >= 0.6 is 12.2 Å². The number of aliphatic hydroxyl groups excluding tert-OH is 1. The van der Waals surface area contributed by atoms with E-state index >= 15 is 0 Å². The smallest absolute Gasteiger partial charge is 0.253 e. The summed E-state index contributed by atoms with van der Waals surface area (Å²) in [5.41, 5.74) is 3.24. The van der Waals surface area contributed by atoms with E-state index in [1.54, 1.807) is 0 Å². The number of pyridine rings is 1. The molecule has 1 heterocycles. The van der Waals surface area contributed by atoms with Crippen molar-refractivity contribution in [3.63, 3.8) is 0 Å². The number of fused-ring (bicyclic) bond motifs is 1. The summed E-state index contributed by atoms with van der Waals surface area (Å²) in [4.78, 5) is 17.5. The minimum absolute atomic E-state index is 0.0511. The molecule has 3 rings (SSSR count). The van der Waals surface area contributed by atoms with Crippen LogP contribution in [-0.4, -0.2) is 39.9 Å². The van der Waals surface area contributed by atoms with Crippen LogP contribution in [0.1, 0.15) is 24.5 Å². The van der Waals surface area contributed by atoms with E-state index in [2.05, 4.69) is 10.3 Å². The molecule has 0 amide bonds. The lowest BCUT2D eigenvalue weighted by Crippen LogP contribution is -2.37. The fraction of sp³-hybridized carbons (Fsp3) is 0.304. The summed E-state index contributed by atoms with van der Waals surface area (Å²) in [6.07, 6.45) is 0.551. The van der Waals surface area contributed by atoms with Crippen molar-refractivity contribution in [3.05, 3.63) is 70.0 Å². The Bertz CT molecular complexity index is 1060. The largest absolute Gasteiger partial charge is 0.494 e. The van der Waals surface area contributed by atoms with Gasteiger partial charge in [-0.1, -0.05) is 12.1 Å². The predicted octanol–water partition coefficient (Wildman–Crippen LogP) is 3.82. The summed E-state index contributed by atoms with van der Waals surface area (Å²) in [6, 6.07) is 15.4. The lowest BCUT2D eigenvalue weighted by atomic mass is 10.1. The number of aromatic nitrogens is 1. The van der Waals surface area contributed by atoms with Crippen molar-refractivity contribution in [1.82, 2.24) is 9.88 Å². The number of hydrogen-bond donors (Lipinski definition) is 3. The number of aliphatic hydroxyl groups is 1. The number of anilines is 1. The molecule has 30 heavy (non-hydrogen) atoms. The Morgan fingerprint density at radius 2 is 1.97 bits per heavy atom. The zero-order valence-electron chi connectivity index (χ0n) is 17.3. The quantitative estimate of drug-likeness (QED) is 0.477. The lowest BCUT2D eigenvalue weighted by molar-refractivity contribution is 0.266. The fourth-order valence-electron chi connectivity index (χ4n) is 3.20. The van der Waals surface area contributed by atoms with E-state index in [4.69, 9.17) is 17.0 Å². The van der Waals surface area contributed by atoms with Gasteiger partial charge < -0.3 is 25.0 Å². The molecule has 7 heteroatoms. The number of aromatic amines is 1. The molecule has 158 valence electrons. The summed E-state index contributed by atoms with van der Waals surface area (Å²) in [5.74, 6) is 0.795. The van der Waals surface area contributed by atoms with Crippen LogP contribution in [0.3, 0.4) is 0 Å². The van der Waals surface area contributed by atoms with Crippen LogP contribution in [0.15, 0.2) is 53.3 Å². The molecule has 0 radical (unpaired) electrons. The number of thiocarbonyl (C=S) groups is 1. The summed E-state index contributed by atoms with van der Waals surface area (Å²) < 4.78 is 5.46. The van der Waals surface area contributed by atoms with Gasteiger partial charge in [0.1, 0.15) is 5.75 Å². The highest BCUT2D eigenvalue weighted by molar-refractivity contribution is 7.80. The topological polar surface area (TPSA) is 77.6 Å². The molecular formula is C23H27N3O3S. The van der Waals surface area contributed by atoms with Gasteiger partial charge in [0, 0.05) is 29.9 Å². The second-order valence-electron chi connectivity index (χ2n) is 7.10. The lowest BCUT2D eigenvalue weighted by Gasteiger charge is -2.25. The van der Waals surface area contributed by atoms with E-state index in [-0.39, 0.29) is 12.2 Å². The van der Waals surface area contributed by atoms with Crippen molar-refractivity contribution in [3.8, 4) is 5.75 Å². The number of ether oxygens (including phenoxy) is 1. The van der Waals surface area contributed by atoms with Gasteiger partial charge in [-0.3, -0.25) is 4.79 Å². The number of aryl methyl sites for hydroxylation is 1. The molecule has 6 nitrogen and oxygen atoms in total. The van der Waals surface area contributed by atoms with E-state index in [0.717, 1.165) is 27.9 Å². The number of H-pyrrole nitrogens is 1. The molecule has 2 aromatic carbocycles. The Balaban J connectivity index is 1.79. The molecule has 0 unspecified atom stereocenters. The van der Waals surface area contributed by atoms with E-state index in [9.17, 15) is 9.90 Å². The van der Waals surface area contributed by atoms with Crippen LogP contribution in [0.5, 0.6) is 5.75 Å². The predicted molar refractivity (Wildman–Crippen MR) is 125 cm³/mol. The number of nitrogens with zero attached hydrogens (tertiary/aromatic N) is 1. The molecule has 0 saturated heterocycles. The van der Waals surface area contributed by atoms with Crippen molar-refractivity contribution in [1.29, 1.82) is 0 Å². The average molecular weight is 426 g/mol. The van der Waals surface area contributed by atoms with Crippen LogP contribution < -0.4 is 15.6 Å². The second kappa shape index (κ2) is 10.2. The van der Waals surface area contributed by atoms with Crippen molar-refractivity contribution in [2.75, 3.05) is 25.1 Å². The fourth-order valence-corrected chi connectivity index (χ4v) is 3.47. The van der Waals surface area contributed by atoms with Crippen LogP contribution in [-0.2, 0) is 6.54 Å². The van der Waals surface area contributed by atoms with Crippen LogP contribution in [0.4, 0.5) is 5.69 Å². The van der Waals surface area contributed by atoms with Gasteiger partial charge in [-0.2, -0.15) is 0 Å². The first-order valence-electron chi connectivity index (χ1n) is 10.0. The maximum atomic E-state index is 12.6. The molecule has 3 aromatic rings. The van der Waals surface area contributed by atoms with Crippen molar-refractivity contribution < 1.29 is 9.84 Å². The molecule has 1 aromatic heterocycles. The molecule has 0 atom stereocenters. The number of rotatable bonds is 8. The minimum atomic E-state index is -0.133. The Kier molecular flexibility index (Phi) is 7.43. The summed E-state index contributed by atoms with van der Waals surface area (Å²) in [5, 5.41) is 14.0. The van der Waals surface area contributed by atoms with Crippen LogP contribution in [0.2, 0.25) is 0 Å². The van der Waals surface area contributed by atoms with Crippen LogP contribution in [0.25, 0.3) is 10.9 Å². The van der Waals surface area contributed by atoms with Gasteiger partial charge >= 0.3 is 0 Å². The monoisotopic (exact) mass is 425 g/mol. The first-order valence-corrected chi connectivity index (χ1v) is 10.4. The third-order valence-corrected chi connectivity index (χ3v) is 5.09. The average Bonchev–Trinajstić information content (AvgIpc) is 2.73. The molecule has 0 saturated carbocycles. The molecule has 0 spiro atoms. The van der Waals surface area contributed by atoms with Gasteiger partial charge in [-0.25, -0.2) is 0 Å². The van der Waals surface area contributed by atoms with E-state index < -0.39 is 0 Å². The summed E-state index contributed by atoms with van der Waals surface area (Å²) in [7, 11) is 0. The molecule has 3 N–H and O–H groups in total. The Morgan fingerprint density at radius 3 is 2.67 bits per heavy atom. The zero-order valence-corrected chi connectivity index (χ0v) is 18.1. The first kappa shape index (κ1) is 21.8. The summed E-state index contributed by atoms with van der Waals surface area (Å²) in [6.45, 7) is 5.48. The molecule has 0 aliphatic carbocycles. The Hall–Kier alpha value is -2.90. The van der Waals surface area contributed by atoms with Gasteiger partial charge in [0.25, 0.3) is 5.56 Å². The Labute approximate surface area is 181 Å². The van der Waals surface area contributed by atoms with Gasteiger partial charge in [0.15, 0.2) is 5.11 Å². The van der Waals surface area contributed by atoms with Crippen LogP contribution in [0, 0.1) is 6.92 Å². The molecule has 0 fully saturated rings. The molecular weight excluding hydrogens is 398 g/mol. The third kappa shape index (κ3) is 5.58. The molecule has 0 bridgehead atoms. The second-order valence-corrected chi connectivity index (χ2v) is 7.49. The van der Waals surface area contributed by atoms with Crippen molar-refractivity contribution >= 4 is 33.9 Å². The van der Waals surface area contributed by atoms with Gasteiger partial charge in [0.05, 0.1) is 13.2 Å². The van der Waals surface area contributed by atoms with Crippen molar-refractivity contribution in [2.24, 2.45) is 0 Å². The molecule has 0 aliphatic heterocycles. The number of nitrogens with one attached hydrogen (secondary N) is 2. The SMILES string of the molecule is CCOc1ccc(NC(=S)N(CCCO)Cc2cc3ccc(C)cc3[nH]c2=O)cc1. The number of hydrogen-bond acceptors (Lipinski definition) is 4. The highest BCUT2D eigenvalue weighted by atomic mass is 32.1. The van der Waals surface area contributed by atoms with Gasteiger partial charge in [-0.15, -0.1) is 0 Å². The highest BCUT2D eigenvalue weighted by Gasteiger charge is 2.14. The zero-order chi connectivity index (χ0) is 21.5. The van der Waals surface area contributed by atoms with E-state index in [1.165, 1.54) is 0 Å². The maximum absolute atomic E-state index is 12.6. The van der Waals surface area contributed by atoms with Crippen molar-refractivity contribution in [2.45, 2.75) is 26.8 Å². The number of benzene rings is 2. The van der Waals surface area contributed by atoms with Gasteiger partial charge in [0.2, 0.25) is 0 Å². The normalized spacial score (nSPS) is 10.8. The van der Waals surface area contributed by atoms with E-state index in [1.807, 2.05) is 67.3 Å². The third-order valence-electron chi connectivity index (χ3n) is 4.73. The highest BCUT2D eigenvalue weighted by Crippen LogP contribution is 2.18. The minimum Gasteiger partial charge on any atom is -0.494 e. The first-order chi connectivity index (χ1) is 14.5. The molecule has 0 aliphatic rings. The van der Waals surface area contributed by atoms with Gasteiger partial charge in [-0.05, 0) is 79.8 Å².